The highest BCUT2D eigenvalue weighted by molar-refractivity contribution is 14.1. The smallest absolute Gasteiger partial charge is 0.345 e. The number of halogens is 2. The minimum Gasteiger partial charge on any atom is -0.462 e. The molecule has 0 spiro atoms. The van der Waals surface area contributed by atoms with Crippen LogP contribution in [0.25, 0.3) is 3.58 Å². The molecule has 0 N–H and O–H groups in total. The van der Waals surface area contributed by atoms with Gasteiger partial charge in [-0.3, -0.25) is 0 Å². The molecule has 0 saturated heterocycles. The van der Waals surface area contributed by atoms with Crippen LogP contribution in [0.5, 0.6) is 0 Å². The first-order valence-electron chi connectivity index (χ1n) is 4.44. The first-order valence-corrected chi connectivity index (χ1v) is 6.60. The average Bonchev–Trinajstić information content (AvgIpc) is 2.28. The Morgan fingerprint density at radius 1 is 1.27 bits per heavy atom. The Balaban J connectivity index is 2.95. The van der Waals surface area contributed by atoms with Gasteiger partial charge in [-0.25, -0.2) is 4.79 Å². The van der Waals surface area contributed by atoms with Crippen LogP contribution >= 0.6 is 45.2 Å². The highest BCUT2D eigenvalue weighted by Gasteiger charge is 2.12. The summed E-state index contributed by atoms with van der Waals surface area (Å²) in [7, 11) is 0. The summed E-state index contributed by atoms with van der Waals surface area (Å²) >= 11 is 4.18. The lowest BCUT2D eigenvalue weighted by Crippen LogP contribution is -2.04. The Bertz CT molecular complexity index is 371. The molecule has 0 atom stereocenters. The molecule has 1 aromatic carbocycles. The van der Waals surface area contributed by atoms with Crippen LogP contribution in [0, 0.1) is 0 Å². The quantitative estimate of drug-likeness (QED) is 0.417. The molecule has 2 nitrogen and oxygen atoms in total. The van der Waals surface area contributed by atoms with Crippen molar-refractivity contribution in [1.82, 2.24) is 0 Å². The van der Waals surface area contributed by atoms with Crippen molar-refractivity contribution >= 4 is 54.7 Å². The summed E-state index contributed by atoms with van der Waals surface area (Å²) in [6, 6.07) is 9.79. The number of ether oxygens (including phenoxy) is 1. The fraction of sp³-hybridized carbons (Fsp3) is 0.182. The number of hydrogen-bond donors (Lipinski definition) is 0. The van der Waals surface area contributed by atoms with Gasteiger partial charge in [0.1, 0.15) is 3.58 Å². The lowest BCUT2D eigenvalue weighted by atomic mass is 10.2. The molecule has 0 aliphatic carbocycles. The van der Waals surface area contributed by atoms with Gasteiger partial charge in [-0.1, -0.05) is 30.3 Å². The third-order valence-electron chi connectivity index (χ3n) is 1.67. The SMILES string of the molecule is CCOC(=O)/C(I)=C(\I)c1ccccc1. The van der Waals surface area contributed by atoms with Crippen molar-refractivity contribution in [1.29, 1.82) is 0 Å². The minimum atomic E-state index is -0.258. The Hall–Kier alpha value is -0.110. The molecule has 15 heavy (non-hydrogen) atoms. The lowest BCUT2D eigenvalue weighted by Gasteiger charge is -2.04. The van der Waals surface area contributed by atoms with E-state index in [-0.39, 0.29) is 5.97 Å². The molecule has 0 aromatic heterocycles. The molecule has 0 aliphatic rings. The van der Waals surface area contributed by atoms with Gasteiger partial charge in [0.05, 0.1) is 6.61 Å². The number of benzene rings is 1. The van der Waals surface area contributed by atoms with E-state index >= 15 is 0 Å². The predicted octanol–water partition coefficient (Wildman–Crippen LogP) is 3.79. The topological polar surface area (TPSA) is 26.3 Å². The standard InChI is InChI=1S/C11H10I2O2/c1-2-15-11(14)10(13)9(12)8-6-4-3-5-7-8/h3-7H,2H2,1H3/b10-9+. The third-order valence-corrected chi connectivity index (χ3v) is 4.85. The first kappa shape index (κ1) is 13.0. The van der Waals surface area contributed by atoms with E-state index in [9.17, 15) is 4.79 Å². The van der Waals surface area contributed by atoms with Gasteiger partial charge in [-0.05, 0) is 57.7 Å². The second-order valence-electron chi connectivity index (χ2n) is 2.71. The summed E-state index contributed by atoms with van der Waals surface area (Å²) in [6.45, 7) is 2.21. The Labute approximate surface area is 116 Å². The zero-order valence-corrected chi connectivity index (χ0v) is 12.5. The minimum absolute atomic E-state index is 0.258. The molecule has 0 fully saturated rings. The van der Waals surface area contributed by atoms with Gasteiger partial charge in [-0.2, -0.15) is 0 Å². The summed E-state index contributed by atoms with van der Waals surface area (Å²) in [5.74, 6) is -0.258. The molecule has 0 aliphatic heterocycles. The fourth-order valence-electron chi connectivity index (χ4n) is 0.995. The Morgan fingerprint density at radius 3 is 2.40 bits per heavy atom. The summed E-state index contributed by atoms with van der Waals surface area (Å²) < 4.78 is 6.49. The maximum absolute atomic E-state index is 11.5. The lowest BCUT2D eigenvalue weighted by molar-refractivity contribution is -0.137. The summed E-state index contributed by atoms with van der Waals surface area (Å²) in [5.41, 5.74) is 1.04. The molecule has 1 aromatic rings. The van der Waals surface area contributed by atoms with Gasteiger partial charge in [0.25, 0.3) is 0 Å². The van der Waals surface area contributed by atoms with Gasteiger partial charge in [0.15, 0.2) is 0 Å². The van der Waals surface area contributed by atoms with Crippen molar-refractivity contribution in [2.45, 2.75) is 6.92 Å². The molecule has 0 amide bonds. The molecule has 0 heterocycles. The first-order chi connectivity index (χ1) is 7.16. The highest BCUT2D eigenvalue weighted by Crippen LogP contribution is 2.29. The number of carbonyl (C=O) groups excluding carboxylic acids is 1. The van der Waals surface area contributed by atoms with Crippen LogP contribution in [0.2, 0.25) is 0 Å². The summed E-state index contributed by atoms with van der Waals surface area (Å²) in [4.78, 5) is 11.5. The fourth-order valence-corrected chi connectivity index (χ4v) is 2.04. The second kappa shape index (κ2) is 6.47. The van der Waals surface area contributed by atoms with Crippen LogP contribution in [0.4, 0.5) is 0 Å². The molecule has 4 heteroatoms. The predicted molar refractivity (Wildman–Crippen MR) is 78.0 cm³/mol. The number of rotatable bonds is 3. The van der Waals surface area contributed by atoms with Crippen LogP contribution in [-0.4, -0.2) is 12.6 Å². The normalized spacial score (nSPS) is 11.9. The largest absolute Gasteiger partial charge is 0.462 e. The summed E-state index contributed by atoms with van der Waals surface area (Å²) in [6.07, 6.45) is 0. The van der Waals surface area contributed by atoms with E-state index in [1.807, 2.05) is 52.9 Å². The molecule has 0 unspecified atom stereocenters. The van der Waals surface area contributed by atoms with Crippen LogP contribution in [0.3, 0.4) is 0 Å². The van der Waals surface area contributed by atoms with Crippen LogP contribution in [-0.2, 0) is 9.53 Å². The number of esters is 1. The zero-order valence-electron chi connectivity index (χ0n) is 8.17. The highest BCUT2D eigenvalue weighted by atomic mass is 127. The van der Waals surface area contributed by atoms with Crippen molar-refractivity contribution in [3.05, 3.63) is 39.5 Å². The van der Waals surface area contributed by atoms with Crippen molar-refractivity contribution in [3.63, 3.8) is 0 Å². The Morgan fingerprint density at radius 2 is 1.87 bits per heavy atom. The van der Waals surface area contributed by atoms with E-state index in [1.54, 1.807) is 6.92 Å². The van der Waals surface area contributed by atoms with Crippen molar-refractivity contribution < 1.29 is 9.53 Å². The van der Waals surface area contributed by atoms with E-state index in [0.29, 0.717) is 10.2 Å². The van der Waals surface area contributed by atoms with Gasteiger partial charge in [-0.15, -0.1) is 0 Å². The van der Waals surface area contributed by atoms with Crippen molar-refractivity contribution in [3.8, 4) is 0 Å². The molecule has 1 rings (SSSR count). The molecular weight excluding hydrogens is 418 g/mol. The van der Waals surface area contributed by atoms with E-state index in [0.717, 1.165) is 9.14 Å². The maximum atomic E-state index is 11.5. The van der Waals surface area contributed by atoms with Crippen molar-refractivity contribution in [2.75, 3.05) is 6.61 Å². The van der Waals surface area contributed by atoms with Gasteiger partial charge < -0.3 is 4.74 Å². The molecular formula is C11H10I2O2. The van der Waals surface area contributed by atoms with Gasteiger partial charge in [0, 0.05) is 3.58 Å². The van der Waals surface area contributed by atoms with E-state index in [4.69, 9.17) is 4.74 Å². The third kappa shape index (κ3) is 3.75. The van der Waals surface area contributed by atoms with Gasteiger partial charge in [0.2, 0.25) is 0 Å². The molecule has 0 saturated carbocycles. The maximum Gasteiger partial charge on any atom is 0.345 e. The molecule has 0 radical (unpaired) electrons. The molecule has 0 bridgehead atoms. The van der Waals surface area contributed by atoms with E-state index in [2.05, 4.69) is 22.6 Å². The van der Waals surface area contributed by atoms with Crippen LogP contribution in [0.1, 0.15) is 12.5 Å². The van der Waals surface area contributed by atoms with Gasteiger partial charge >= 0.3 is 5.97 Å². The monoisotopic (exact) mass is 428 g/mol. The second-order valence-corrected chi connectivity index (χ2v) is 4.87. The van der Waals surface area contributed by atoms with Crippen LogP contribution in [0.15, 0.2) is 33.9 Å². The summed E-state index contributed by atoms with van der Waals surface area (Å²) in [5, 5.41) is 0. The molecule has 80 valence electrons. The zero-order chi connectivity index (χ0) is 11.3. The van der Waals surface area contributed by atoms with E-state index < -0.39 is 0 Å². The number of carbonyl (C=O) groups is 1. The number of hydrogen-bond acceptors (Lipinski definition) is 2. The Kier molecular flexibility index (Phi) is 5.59. The van der Waals surface area contributed by atoms with Crippen molar-refractivity contribution in [2.24, 2.45) is 0 Å². The average molecular weight is 428 g/mol. The van der Waals surface area contributed by atoms with Crippen LogP contribution < -0.4 is 0 Å². The van der Waals surface area contributed by atoms with E-state index in [1.165, 1.54) is 0 Å².